The standard InChI is InChI=1S/C11H20BClO2/c1-6-7-8-9(13)12-14-10(2,3)11(4,5)15-12/h8H,6-7H2,1-5H3. The molecule has 1 saturated heterocycles. The topological polar surface area (TPSA) is 18.5 Å². The van der Waals surface area contributed by atoms with Gasteiger partial charge in [0.2, 0.25) is 0 Å². The number of unbranched alkanes of at least 4 members (excludes halogenated alkanes) is 1. The van der Waals surface area contributed by atoms with Crippen LogP contribution in [0.3, 0.4) is 0 Å². The van der Waals surface area contributed by atoms with Crippen molar-refractivity contribution in [1.82, 2.24) is 0 Å². The first-order valence-corrected chi connectivity index (χ1v) is 5.89. The van der Waals surface area contributed by atoms with Crippen LogP contribution < -0.4 is 0 Å². The first-order valence-electron chi connectivity index (χ1n) is 5.51. The monoisotopic (exact) mass is 230 g/mol. The molecule has 0 aromatic heterocycles. The first-order chi connectivity index (χ1) is 6.80. The molecule has 15 heavy (non-hydrogen) atoms. The van der Waals surface area contributed by atoms with Crippen molar-refractivity contribution in [3.05, 3.63) is 11.0 Å². The van der Waals surface area contributed by atoms with Crippen molar-refractivity contribution in [2.75, 3.05) is 0 Å². The third-order valence-electron chi connectivity index (χ3n) is 3.11. The Balaban J connectivity index is 2.70. The van der Waals surface area contributed by atoms with E-state index in [4.69, 9.17) is 20.9 Å². The van der Waals surface area contributed by atoms with Gasteiger partial charge in [0.05, 0.1) is 11.2 Å². The number of allylic oxidation sites excluding steroid dienone is 1. The van der Waals surface area contributed by atoms with Crippen LogP contribution in [0.2, 0.25) is 0 Å². The molecule has 0 saturated carbocycles. The SMILES string of the molecule is CCCC=C(Cl)B1OC(C)(C)C(C)(C)O1. The van der Waals surface area contributed by atoms with Gasteiger partial charge in [-0.25, -0.2) is 0 Å². The second kappa shape index (κ2) is 4.48. The van der Waals surface area contributed by atoms with Gasteiger partial charge in [0.15, 0.2) is 0 Å². The van der Waals surface area contributed by atoms with Crippen LogP contribution in [0.25, 0.3) is 0 Å². The minimum Gasteiger partial charge on any atom is -0.399 e. The quantitative estimate of drug-likeness (QED) is 0.691. The molecule has 0 N–H and O–H groups in total. The summed E-state index contributed by atoms with van der Waals surface area (Å²) in [5.41, 5.74) is -0.615. The van der Waals surface area contributed by atoms with E-state index in [0.717, 1.165) is 12.8 Å². The second-order valence-electron chi connectivity index (χ2n) is 4.97. The summed E-state index contributed by atoms with van der Waals surface area (Å²) in [5.74, 6) is 0. The van der Waals surface area contributed by atoms with Gasteiger partial charge in [0.1, 0.15) is 0 Å². The third-order valence-corrected chi connectivity index (χ3v) is 3.44. The lowest BCUT2D eigenvalue weighted by molar-refractivity contribution is 0.00578. The van der Waals surface area contributed by atoms with E-state index in [-0.39, 0.29) is 11.2 Å². The molecule has 0 atom stereocenters. The van der Waals surface area contributed by atoms with Gasteiger partial charge in [-0.3, -0.25) is 0 Å². The first kappa shape index (κ1) is 13.1. The molecule has 0 aliphatic carbocycles. The Morgan fingerprint density at radius 3 is 2.07 bits per heavy atom. The Labute approximate surface area is 98.1 Å². The van der Waals surface area contributed by atoms with Crippen LogP contribution in [0, 0.1) is 0 Å². The van der Waals surface area contributed by atoms with Crippen molar-refractivity contribution in [2.45, 2.75) is 58.7 Å². The van der Waals surface area contributed by atoms with E-state index in [0.29, 0.717) is 4.93 Å². The molecule has 1 fully saturated rings. The molecule has 86 valence electrons. The fourth-order valence-corrected chi connectivity index (χ4v) is 1.53. The Bertz CT molecular complexity index is 245. The Morgan fingerprint density at radius 1 is 1.20 bits per heavy atom. The molecule has 4 heteroatoms. The van der Waals surface area contributed by atoms with Crippen molar-refractivity contribution >= 4 is 18.7 Å². The van der Waals surface area contributed by atoms with Gasteiger partial charge in [-0.15, -0.1) is 0 Å². The summed E-state index contributed by atoms with van der Waals surface area (Å²) in [4.78, 5) is 0.663. The Morgan fingerprint density at radius 2 is 1.67 bits per heavy atom. The average Bonchev–Trinajstić information content (AvgIpc) is 2.32. The molecular weight excluding hydrogens is 210 g/mol. The maximum atomic E-state index is 6.13. The van der Waals surface area contributed by atoms with Gasteiger partial charge >= 0.3 is 7.12 Å². The fourth-order valence-electron chi connectivity index (χ4n) is 1.33. The molecule has 1 rings (SSSR count). The van der Waals surface area contributed by atoms with Crippen molar-refractivity contribution in [3.8, 4) is 0 Å². The van der Waals surface area contributed by atoms with E-state index in [9.17, 15) is 0 Å². The van der Waals surface area contributed by atoms with Crippen molar-refractivity contribution in [2.24, 2.45) is 0 Å². The van der Waals surface area contributed by atoms with Gasteiger partial charge in [0, 0.05) is 4.93 Å². The molecule has 1 aliphatic heterocycles. The zero-order valence-corrected chi connectivity index (χ0v) is 11.0. The molecular formula is C11H20BClO2. The predicted molar refractivity (Wildman–Crippen MR) is 64.9 cm³/mol. The molecule has 0 radical (unpaired) electrons. The van der Waals surface area contributed by atoms with E-state index >= 15 is 0 Å². The average molecular weight is 231 g/mol. The van der Waals surface area contributed by atoms with Crippen molar-refractivity contribution < 1.29 is 9.31 Å². The van der Waals surface area contributed by atoms with E-state index in [1.54, 1.807) is 0 Å². The highest BCUT2D eigenvalue weighted by Crippen LogP contribution is 2.39. The molecule has 1 aliphatic rings. The number of rotatable bonds is 3. The molecule has 0 aromatic carbocycles. The lowest BCUT2D eigenvalue weighted by atomic mass is 9.89. The van der Waals surface area contributed by atoms with E-state index in [2.05, 4.69) is 6.92 Å². The summed E-state index contributed by atoms with van der Waals surface area (Å²) in [6.07, 6.45) is 4.02. The summed E-state index contributed by atoms with van der Waals surface area (Å²) in [7, 11) is -0.400. The van der Waals surface area contributed by atoms with Gasteiger partial charge in [-0.05, 0) is 34.1 Å². The molecule has 0 amide bonds. The van der Waals surface area contributed by atoms with Crippen molar-refractivity contribution in [3.63, 3.8) is 0 Å². The van der Waals surface area contributed by atoms with E-state index < -0.39 is 7.12 Å². The maximum Gasteiger partial charge on any atom is 0.506 e. The van der Waals surface area contributed by atoms with Crippen LogP contribution in [0.1, 0.15) is 47.5 Å². The fraction of sp³-hybridized carbons (Fsp3) is 0.818. The van der Waals surface area contributed by atoms with E-state index in [1.165, 1.54) is 0 Å². The largest absolute Gasteiger partial charge is 0.506 e. The molecule has 1 heterocycles. The van der Waals surface area contributed by atoms with Crippen LogP contribution in [0.5, 0.6) is 0 Å². The predicted octanol–water partition coefficient (Wildman–Crippen LogP) is 3.54. The van der Waals surface area contributed by atoms with Crippen molar-refractivity contribution in [1.29, 1.82) is 0 Å². The molecule has 0 spiro atoms. The summed E-state index contributed by atoms with van der Waals surface area (Å²) >= 11 is 6.13. The summed E-state index contributed by atoms with van der Waals surface area (Å²) in [6, 6.07) is 0. The summed E-state index contributed by atoms with van der Waals surface area (Å²) in [6.45, 7) is 10.2. The molecule has 0 unspecified atom stereocenters. The smallest absolute Gasteiger partial charge is 0.399 e. The highest BCUT2D eigenvalue weighted by Gasteiger charge is 2.52. The molecule has 0 bridgehead atoms. The van der Waals surface area contributed by atoms with Crippen LogP contribution in [0.4, 0.5) is 0 Å². The Hall–Kier alpha value is 0.0149. The van der Waals surface area contributed by atoms with Crippen LogP contribution in [-0.4, -0.2) is 18.3 Å². The lowest BCUT2D eigenvalue weighted by Gasteiger charge is -2.32. The molecule has 0 aromatic rings. The Kier molecular flexibility index (Phi) is 3.91. The zero-order chi connectivity index (χ0) is 11.7. The van der Waals surface area contributed by atoms with Gasteiger partial charge in [-0.2, -0.15) is 0 Å². The third kappa shape index (κ3) is 2.77. The van der Waals surface area contributed by atoms with E-state index in [1.807, 2.05) is 33.8 Å². The number of halogens is 1. The minimum atomic E-state index is -0.400. The summed E-state index contributed by atoms with van der Waals surface area (Å²) < 4.78 is 11.6. The lowest BCUT2D eigenvalue weighted by Crippen LogP contribution is -2.41. The van der Waals surface area contributed by atoms with Crippen LogP contribution in [0.15, 0.2) is 11.0 Å². The normalized spacial score (nSPS) is 24.7. The second-order valence-corrected chi connectivity index (χ2v) is 5.40. The van der Waals surface area contributed by atoms with Crippen LogP contribution in [-0.2, 0) is 9.31 Å². The highest BCUT2D eigenvalue weighted by atomic mass is 35.5. The van der Waals surface area contributed by atoms with Gasteiger partial charge < -0.3 is 9.31 Å². The number of hydrogen-bond acceptors (Lipinski definition) is 2. The molecule has 2 nitrogen and oxygen atoms in total. The highest BCUT2D eigenvalue weighted by molar-refractivity contribution is 6.69. The number of hydrogen-bond donors (Lipinski definition) is 0. The van der Waals surface area contributed by atoms with Crippen LogP contribution >= 0.6 is 11.6 Å². The minimum absolute atomic E-state index is 0.308. The maximum absolute atomic E-state index is 6.13. The summed E-state index contributed by atoms with van der Waals surface area (Å²) in [5, 5.41) is 0. The van der Waals surface area contributed by atoms with Gasteiger partial charge in [0.25, 0.3) is 0 Å². The van der Waals surface area contributed by atoms with Gasteiger partial charge in [-0.1, -0.05) is 31.0 Å². The zero-order valence-electron chi connectivity index (χ0n) is 10.3.